The number of rotatable bonds is 5. The predicted octanol–water partition coefficient (Wildman–Crippen LogP) is 3.27. The minimum atomic E-state index is -0.288. The maximum atomic E-state index is 13.1. The second kappa shape index (κ2) is 5.85. The van der Waals surface area contributed by atoms with Crippen molar-refractivity contribution in [3.63, 3.8) is 0 Å². The smallest absolute Gasteiger partial charge is 0.126 e. The lowest BCUT2D eigenvalue weighted by Gasteiger charge is -2.16. The summed E-state index contributed by atoms with van der Waals surface area (Å²) in [6.45, 7) is 6.67. The van der Waals surface area contributed by atoms with Crippen LogP contribution in [0.5, 0.6) is 5.75 Å². The molecular formula is C13H20FNO. The van der Waals surface area contributed by atoms with Gasteiger partial charge in [0.25, 0.3) is 0 Å². The Balaban J connectivity index is 2.80. The van der Waals surface area contributed by atoms with E-state index in [-0.39, 0.29) is 11.9 Å². The average molecular weight is 225 g/mol. The number of halogens is 1. The third-order valence-corrected chi connectivity index (χ3v) is 2.69. The highest BCUT2D eigenvalue weighted by molar-refractivity contribution is 5.36. The number of ether oxygens (including phenoxy) is 1. The van der Waals surface area contributed by atoms with Crippen LogP contribution in [0.15, 0.2) is 18.2 Å². The van der Waals surface area contributed by atoms with Gasteiger partial charge >= 0.3 is 0 Å². The normalized spacial score (nSPS) is 14.6. The van der Waals surface area contributed by atoms with E-state index in [9.17, 15) is 4.39 Å². The molecule has 2 N–H and O–H groups in total. The molecule has 3 heteroatoms. The van der Waals surface area contributed by atoms with Crippen LogP contribution in [0.3, 0.4) is 0 Å². The molecule has 0 heterocycles. The maximum absolute atomic E-state index is 13.1. The van der Waals surface area contributed by atoms with Crippen molar-refractivity contribution in [2.45, 2.75) is 33.2 Å². The highest BCUT2D eigenvalue weighted by atomic mass is 19.1. The van der Waals surface area contributed by atoms with Crippen molar-refractivity contribution >= 4 is 0 Å². The fourth-order valence-electron chi connectivity index (χ4n) is 1.36. The van der Waals surface area contributed by atoms with Gasteiger partial charge in [0.1, 0.15) is 11.6 Å². The SMILES string of the molecule is CCC(C)COc1cc(F)ccc1C(C)N. The summed E-state index contributed by atoms with van der Waals surface area (Å²) in [7, 11) is 0. The van der Waals surface area contributed by atoms with Gasteiger partial charge in [0, 0.05) is 17.7 Å². The standard InChI is InChI=1S/C13H20FNO/c1-4-9(2)8-16-13-7-11(14)5-6-12(13)10(3)15/h5-7,9-10H,4,8,15H2,1-3H3. The molecular weight excluding hydrogens is 205 g/mol. The van der Waals surface area contributed by atoms with Gasteiger partial charge in [-0.1, -0.05) is 26.3 Å². The van der Waals surface area contributed by atoms with Gasteiger partial charge in [-0.15, -0.1) is 0 Å². The molecule has 1 aromatic carbocycles. The van der Waals surface area contributed by atoms with Crippen LogP contribution in [-0.4, -0.2) is 6.61 Å². The van der Waals surface area contributed by atoms with Gasteiger partial charge in [0.2, 0.25) is 0 Å². The summed E-state index contributed by atoms with van der Waals surface area (Å²) in [5.74, 6) is 0.739. The number of hydrogen-bond donors (Lipinski definition) is 1. The van der Waals surface area contributed by atoms with Crippen LogP contribution >= 0.6 is 0 Å². The quantitative estimate of drug-likeness (QED) is 0.834. The van der Waals surface area contributed by atoms with Crippen LogP contribution < -0.4 is 10.5 Å². The summed E-state index contributed by atoms with van der Waals surface area (Å²) in [6.07, 6.45) is 1.04. The van der Waals surface area contributed by atoms with Crippen molar-refractivity contribution in [3.8, 4) is 5.75 Å². The second-order valence-corrected chi connectivity index (χ2v) is 4.30. The van der Waals surface area contributed by atoms with E-state index in [1.807, 2.05) is 6.92 Å². The summed E-state index contributed by atoms with van der Waals surface area (Å²) in [5, 5.41) is 0. The van der Waals surface area contributed by atoms with Gasteiger partial charge in [-0.25, -0.2) is 4.39 Å². The van der Waals surface area contributed by atoms with E-state index < -0.39 is 0 Å². The monoisotopic (exact) mass is 225 g/mol. The van der Waals surface area contributed by atoms with Crippen LogP contribution in [0, 0.1) is 11.7 Å². The lowest BCUT2D eigenvalue weighted by Crippen LogP contribution is -2.12. The number of hydrogen-bond acceptors (Lipinski definition) is 2. The van der Waals surface area contributed by atoms with Gasteiger partial charge in [-0.2, -0.15) is 0 Å². The Labute approximate surface area is 96.6 Å². The first-order chi connectivity index (χ1) is 7.54. The van der Waals surface area contributed by atoms with Crippen LogP contribution in [0.25, 0.3) is 0 Å². The Hall–Kier alpha value is -1.09. The molecule has 0 aliphatic heterocycles. The van der Waals surface area contributed by atoms with E-state index in [1.165, 1.54) is 12.1 Å². The van der Waals surface area contributed by atoms with Crippen molar-refractivity contribution < 1.29 is 9.13 Å². The Morgan fingerprint density at radius 2 is 2.06 bits per heavy atom. The van der Waals surface area contributed by atoms with Crippen molar-refractivity contribution in [1.29, 1.82) is 0 Å². The van der Waals surface area contributed by atoms with Crippen molar-refractivity contribution in [1.82, 2.24) is 0 Å². The Morgan fingerprint density at radius 1 is 1.38 bits per heavy atom. The van der Waals surface area contributed by atoms with E-state index in [1.54, 1.807) is 6.07 Å². The summed E-state index contributed by atoms with van der Waals surface area (Å²) in [4.78, 5) is 0. The first kappa shape index (κ1) is 13.0. The topological polar surface area (TPSA) is 35.2 Å². The lowest BCUT2D eigenvalue weighted by atomic mass is 10.1. The average Bonchev–Trinajstić information content (AvgIpc) is 2.25. The maximum Gasteiger partial charge on any atom is 0.126 e. The summed E-state index contributed by atoms with van der Waals surface area (Å²) < 4.78 is 18.7. The highest BCUT2D eigenvalue weighted by Crippen LogP contribution is 2.25. The molecule has 1 rings (SSSR count). The fraction of sp³-hybridized carbons (Fsp3) is 0.538. The second-order valence-electron chi connectivity index (χ2n) is 4.30. The molecule has 2 atom stereocenters. The van der Waals surface area contributed by atoms with Crippen LogP contribution in [0.4, 0.5) is 4.39 Å². The molecule has 2 unspecified atom stereocenters. The summed E-state index contributed by atoms with van der Waals surface area (Å²) in [6, 6.07) is 4.36. The lowest BCUT2D eigenvalue weighted by molar-refractivity contribution is 0.252. The molecule has 0 saturated heterocycles. The van der Waals surface area contributed by atoms with Gasteiger partial charge in [0.05, 0.1) is 6.61 Å². The molecule has 0 bridgehead atoms. The Bertz CT molecular complexity index is 339. The first-order valence-corrected chi connectivity index (χ1v) is 5.72. The zero-order valence-corrected chi connectivity index (χ0v) is 10.2. The summed E-state index contributed by atoms with van der Waals surface area (Å²) in [5.41, 5.74) is 6.65. The zero-order valence-electron chi connectivity index (χ0n) is 10.2. The van der Waals surface area contributed by atoms with Crippen LogP contribution in [0.2, 0.25) is 0 Å². The Morgan fingerprint density at radius 3 is 2.62 bits per heavy atom. The molecule has 1 aromatic rings. The third-order valence-electron chi connectivity index (χ3n) is 2.69. The zero-order chi connectivity index (χ0) is 12.1. The van der Waals surface area contributed by atoms with Gasteiger partial charge in [0.15, 0.2) is 0 Å². The molecule has 0 spiro atoms. The molecule has 0 aliphatic carbocycles. The highest BCUT2D eigenvalue weighted by Gasteiger charge is 2.10. The minimum Gasteiger partial charge on any atom is -0.493 e. The molecule has 90 valence electrons. The van der Waals surface area contributed by atoms with E-state index in [0.29, 0.717) is 18.3 Å². The van der Waals surface area contributed by atoms with Crippen molar-refractivity contribution in [2.24, 2.45) is 11.7 Å². The fourth-order valence-corrected chi connectivity index (χ4v) is 1.36. The first-order valence-electron chi connectivity index (χ1n) is 5.72. The molecule has 0 radical (unpaired) electrons. The van der Waals surface area contributed by atoms with Gasteiger partial charge in [-0.05, 0) is 18.9 Å². The third kappa shape index (κ3) is 3.49. The Kier molecular flexibility index (Phi) is 4.74. The van der Waals surface area contributed by atoms with Crippen molar-refractivity contribution in [2.75, 3.05) is 6.61 Å². The van der Waals surface area contributed by atoms with E-state index in [0.717, 1.165) is 12.0 Å². The molecule has 0 aliphatic rings. The molecule has 2 nitrogen and oxygen atoms in total. The molecule has 0 fully saturated rings. The number of nitrogens with two attached hydrogens (primary N) is 1. The molecule has 0 saturated carbocycles. The van der Waals surface area contributed by atoms with Gasteiger partial charge in [-0.3, -0.25) is 0 Å². The van der Waals surface area contributed by atoms with E-state index in [2.05, 4.69) is 13.8 Å². The van der Waals surface area contributed by atoms with Crippen LogP contribution in [-0.2, 0) is 0 Å². The molecule has 16 heavy (non-hydrogen) atoms. The van der Waals surface area contributed by atoms with Crippen molar-refractivity contribution in [3.05, 3.63) is 29.6 Å². The van der Waals surface area contributed by atoms with E-state index in [4.69, 9.17) is 10.5 Å². The minimum absolute atomic E-state index is 0.146. The molecule has 0 amide bonds. The van der Waals surface area contributed by atoms with E-state index >= 15 is 0 Å². The number of benzene rings is 1. The summed E-state index contributed by atoms with van der Waals surface area (Å²) >= 11 is 0. The predicted molar refractivity (Wildman–Crippen MR) is 64.0 cm³/mol. The van der Waals surface area contributed by atoms with Gasteiger partial charge < -0.3 is 10.5 Å². The molecule has 0 aromatic heterocycles. The largest absolute Gasteiger partial charge is 0.493 e. The van der Waals surface area contributed by atoms with Crippen LogP contribution in [0.1, 0.15) is 38.8 Å².